The van der Waals surface area contributed by atoms with Crippen LogP contribution in [0.15, 0.2) is 18.9 Å². The molecule has 2 N–H and O–H groups in total. The van der Waals surface area contributed by atoms with Crippen LogP contribution in [0.25, 0.3) is 17.0 Å². The number of fused-ring (bicyclic) bond motifs is 2. The lowest BCUT2D eigenvalue weighted by Crippen LogP contribution is -2.16. The molecule has 1 aliphatic carbocycles. The van der Waals surface area contributed by atoms with E-state index in [9.17, 15) is 0 Å². The van der Waals surface area contributed by atoms with Crippen LogP contribution in [0, 0.1) is 0 Å². The van der Waals surface area contributed by atoms with Crippen molar-refractivity contribution in [1.29, 1.82) is 0 Å². The van der Waals surface area contributed by atoms with Crippen molar-refractivity contribution in [3.63, 3.8) is 0 Å². The first-order valence-electron chi connectivity index (χ1n) is 7.27. The summed E-state index contributed by atoms with van der Waals surface area (Å²) in [5.74, 6) is 0.774. The quantitative estimate of drug-likeness (QED) is 0.697. The van der Waals surface area contributed by atoms with Crippen molar-refractivity contribution in [2.75, 3.05) is 7.05 Å². The molecule has 0 bridgehead atoms. The Morgan fingerprint density at radius 3 is 3.14 bits per heavy atom. The Morgan fingerprint density at radius 2 is 2.24 bits per heavy atom. The third-order valence-electron chi connectivity index (χ3n) is 4.19. The zero-order chi connectivity index (χ0) is 14.2. The SMILES string of the molecule is CNC1CCCCc2c1cnn2-c1ncnc2nc[nH]c12. The summed E-state index contributed by atoms with van der Waals surface area (Å²) in [6, 6.07) is 0.371. The van der Waals surface area contributed by atoms with Crippen molar-refractivity contribution in [3.8, 4) is 5.82 Å². The third-order valence-corrected chi connectivity index (χ3v) is 4.19. The standard InChI is InChI=1S/C14H17N7/c1-15-10-4-2-3-5-11-9(10)6-20-21(11)14-12-13(17-7-16-12)18-8-19-14/h6-8,10,15H,2-5H2,1H3,(H,16,17,18,19). The van der Waals surface area contributed by atoms with Gasteiger partial charge in [-0.25, -0.2) is 19.6 Å². The summed E-state index contributed by atoms with van der Waals surface area (Å²) in [6.07, 6.45) is 9.72. The normalized spacial score (nSPS) is 18.6. The fraction of sp³-hybridized carbons (Fsp3) is 0.429. The molecular weight excluding hydrogens is 266 g/mol. The predicted octanol–water partition coefficient (Wildman–Crippen LogP) is 1.53. The van der Waals surface area contributed by atoms with Gasteiger partial charge in [-0.15, -0.1) is 0 Å². The first kappa shape index (κ1) is 12.5. The second-order valence-electron chi connectivity index (χ2n) is 5.34. The Labute approximate surface area is 121 Å². The molecule has 0 saturated carbocycles. The van der Waals surface area contributed by atoms with E-state index in [0.717, 1.165) is 24.2 Å². The molecule has 0 spiro atoms. The zero-order valence-electron chi connectivity index (χ0n) is 11.9. The molecule has 7 nitrogen and oxygen atoms in total. The van der Waals surface area contributed by atoms with E-state index in [0.29, 0.717) is 11.7 Å². The van der Waals surface area contributed by atoms with Gasteiger partial charge in [-0.3, -0.25) is 0 Å². The largest absolute Gasteiger partial charge is 0.340 e. The van der Waals surface area contributed by atoms with E-state index in [4.69, 9.17) is 0 Å². The van der Waals surface area contributed by atoms with Gasteiger partial charge in [0.05, 0.1) is 18.2 Å². The van der Waals surface area contributed by atoms with Crippen LogP contribution in [-0.2, 0) is 6.42 Å². The van der Waals surface area contributed by atoms with E-state index >= 15 is 0 Å². The minimum Gasteiger partial charge on any atom is -0.340 e. The monoisotopic (exact) mass is 283 g/mol. The van der Waals surface area contributed by atoms with E-state index in [1.807, 2.05) is 17.9 Å². The van der Waals surface area contributed by atoms with Crippen LogP contribution in [0.3, 0.4) is 0 Å². The Balaban J connectivity index is 1.90. The maximum absolute atomic E-state index is 4.58. The molecule has 3 heterocycles. The van der Waals surface area contributed by atoms with Crippen LogP contribution in [0.4, 0.5) is 0 Å². The van der Waals surface area contributed by atoms with E-state index < -0.39 is 0 Å². The van der Waals surface area contributed by atoms with Crippen molar-refractivity contribution in [2.24, 2.45) is 0 Å². The van der Waals surface area contributed by atoms with E-state index in [-0.39, 0.29) is 0 Å². The lowest BCUT2D eigenvalue weighted by molar-refractivity contribution is 0.533. The number of rotatable bonds is 2. The van der Waals surface area contributed by atoms with Gasteiger partial charge in [-0.2, -0.15) is 5.10 Å². The van der Waals surface area contributed by atoms with Crippen molar-refractivity contribution >= 4 is 11.2 Å². The van der Waals surface area contributed by atoms with Crippen LogP contribution in [0.1, 0.15) is 36.6 Å². The highest BCUT2D eigenvalue weighted by molar-refractivity contribution is 5.77. The molecule has 108 valence electrons. The number of nitrogens with one attached hydrogen (secondary N) is 2. The molecule has 4 rings (SSSR count). The van der Waals surface area contributed by atoms with Crippen molar-refractivity contribution < 1.29 is 0 Å². The predicted molar refractivity (Wildman–Crippen MR) is 78.2 cm³/mol. The second kappa shape index (κ2) is 4.92. The molecule has 7 heteroatoms. The third kappa shape index (κ3) is 1.92. The summed E-state index contributed by atoms with van der Waals surface area (Å²) < 4.78 is 1.94. The Morgan fingerprint density at radius 1 is 1.29 bits per heavy atom. The molecular formula is C14H17N7. The Bertz CT molecular complexity index is 773. The van der Waals surface area contributed by atoms with Gasteiger partial charge < -0.3 is 10.3 Å². The molecule has 0 aromatic carbocycles. The fourth-order valence-electron chi connectivity index (χ4n) is 3.12. The first-order valence-corrected chi connectivity index (χ1v) is 7.27. The number of aromatic nitrogens is 6. The van der Waals surface area contributed by atoms with Gasteiger partial charge in [0.25, 0.3) is 0 Å². The first-order chi connectivity index (χ1) is 10.4. The lowest BCUT2D eigenvalue weighted by atomic mass is 10.1. The number of hydrogen-bond donors (Lipinski definition) is 2. The number of nitrogens with zero attached hydrogens (tertiary/aromatic N) is 5. The smallest absolute Gasteiger partial charge is 0.182 e. The van der Waals surface area contributed by atoms with E-state index in [1.165, 1.54) is 24.1 Å². The van der Waals surface area contributed by atoms with Crippen LogP contribution in [0.5, 0.6) is 0 Å². The lowest BCUT2D eigenvalue weighted by Gasteiger charge is -2.13. The maximum Gasteiger partial charge on any atom is 0.182 e. The highest BCUT2D eigenvalue weighted by Crippen LogP contribution is 2.30. The average Bonchev–Trinajstić information content (AvgIpc) is 3.10. The Kier molecular flexibility index (Phi) is 2.92. The van der Waals surface area contributed by atoms with Crippen LogP contribution >= 0.6 is 0 Å². The van der Waals surface area contributed by atoms with Gasteiger partial charge in [0.1, 0.15) is 11.8 Å². The number of hydrogen-bond acceptors (Lipinski definition) is 5. The highest BCUT2D eigenvalue weighted by atomic mass is 15.3. The van der Waals surface area contributed by atoms with Crippen molar-refractivity contribution in [2.45, 2.75) is 31.7 Å². The van der Waals surface area contributed by atoms with Gasteiger partial charge in [0.2, 0.25) is 0 Å². The van der Waals surface area contributed by atoms with Gasteiger partial charge >= 0.3 is 0 Å². The molecule has 1 unspecified atom stereocenters. The van der Waals surface area contributed by atoms with Crippen LogP contribution in [-0.4, -0.2) is 36.8 Å². The average molecular weight is 283 g/mol. The number of imidazole rings is 1. The maximum atomic E-state index is 4.58. The molecule has 21 heavy (non-hydrogen) atoms. The van der Waals surface area contributed by atoms with Crippen LogP contribution in [0.2, 0.25) is 0 Å². The minimum absolute atomic E-state index is 0.371. The van der Waals surface area contributed by atoms with Crippen molar-refractivity contribution in [1.82, 2.24) is 35.0 Å². The molecule has 0 radical (unpaired) electrons. The topological polar surface area (TPSA) is 84.3 Å². The molecule has 0 aliphatic heterocycles. The molecule has 1 aliphatic rings. The van der Waals surface area contributed by atoms with Crippen LogP contribution < -0.4 is 5.32 Å². The van der Waals surface area contributed by atoms with Gasteiger partial charge in [-0.05, 0) is 26.3 Å². The van der Waals surface area contributed by atoms with E-state index in [2.05, 4.69) is 30.4 Å². The summed E-state index contributed by atoms with van der Waals surface area (Å²) in [7, 11) is 2.01. The minimum atomic E-state index is 0.371. The highest BCUT2D eigenvalue weighted by Gasteiger charge is 2.23. The molecule has 0 amide bonds. The fourth-order valence-corrected chi connectivity index (χ4v) is 3.12. The number of aromatic amines is 1. The van der Waals surface area contributed by atoms with E-state index in [1.54, 1.807) is 12.7 Å². The summed E-state index contributed by atoms with van der Waals surface area (Å²) in [5, 5.41) is 7.97. The molecule has 1 atom stereocenters. The van der Waals surface area contributed by atoms with Crippen molar-refractivity contribution in [3.05, 3.63) is 30.1 Å². The molecule has 0 saturated heterocycles. The zero-order valence-corrected chi connectivity index (χ0v) is 11.9. The number of H-pyrrole nitrogens is 1. The molecule has 3 aromatic heterocycles. The Hall–Kier alpha value is -2.28. The summed E-state index contributed by atoms with van der Waals surface area (Å²) >= 11 is 0. The molecule has 3 aromatic rings. The molecule has 0 fully saturated rings. The summed E-state index contributed by atoms with van der Waals surface area (Å²) in [5.41, 5.74) is 4.01. The van der Waals surface area contributed by atoms with Gasteiger partial charge in [0.15, 0.2) is 11.5 Å². The van der Waals surface area contributed by atoms with Gasteiger partial charge in [0, 0.05) is 11.6 Å². The van der Waals surface area contributed by atoms with Gasteiger partial charge in [-0.1, -0.05) is 6.42 Å². The summed E-state index contributed by atoms with van der Waals surface area (Å²) in [6.45, 7) is 0. The summed E-state index contributed by atoms with van der Waals surface area (Å²) in [4.78, 5) is 15.9. The second-order valence-corrected chi connectivity index (χ2v) is 5.34.